The fraction of sp³-hybridized carbons (Fsp3) is 0.333. The van der Waals surface area contributed by atoms with Crippen LogP contribution in [0.15, 0.2) is 54.6 Å². The number of hydrogen-bond acceptors (Lipinski definition) is 3. The fourth-order valence-electron chi connectivity index (χ4n) is 3.77. The van der Waals surface area contributed by atoms with E-state index in [1.807, 2.05) is 54.6 Å². The van der Waals surface area contributed by atoms with Crippen molar-refractivity contribution in [2.75, 3.05) is 25.1 Å². The zero-order chi connectivity index (χ0) is 18.6. The number of para-hydroxylation sites is 1. The van der Waals surface area contributed by atoms with Crippen molar-refractivity contribution in [3.63, 3.8) is 0 Å². The molecular formula is C21H24N2O3. The molecule has 1 aliphatic rings. The van der Waals surface area contributed by atoms with Crippen LogP contribution in [0.1, 0.15) is 24.0 Å². The van der Waals surface area contributed by atoms with Crippen molar-refractivity contribution < 1.29 is 14.7 Å². The van der Waals surface area contributed by atoms with Gasteiger partial charge in [0.25, 0.3) is 0 Å². The summed E-state index contributed by atoms with van der Waals surface area (Å²) in [7, 11) is 1.79. The molecule has 2 N–H and O–H groups in total. The first-order chi connectivity index (χ1) is 12.6. The Morgan fingerprint density at radius 3 is 2.54 bits per heavy atom. The van der Waals surface area contributed by atoms with E-state index in [0.717, 1.165) is 16.8 Å². The van der Waals surface area contributed by atoms with E-state index >= 15 is 0 Å². The number of aliphatic hydroxyl groups excluding tert-OH is 1. The van der Waals surface area contributed by atoms with Crippen molar-refractivity contribution >= 4 is 17.5 Å². The summed E-state index contributed by atoms with van der Waals surface area (Å²) in [5.41, 5.74) is 2.21. The van der Waals surface area contributed by atoms with Gasteiger partial charge in [0.15, 0.2) is 0 Å². The van der Waals surface area contributed by atoms with Gasteiger partial charge >= 0.3 is 0 Å². The lowest BCUT2D eigenvalue weighted by molar-refractivity contribution is -0.124. The van der Waals surface area contributed by atoms with Crippen molar-refractivity contribution in [2.24, 2.45) is 0 Å². The standard InChI is InChI=1S/C21H24N2O3/c1-23-18-10-6-5-9-17(18)21(20(23)26,12-11-19(25)22-13-14-24)15-16-7-3-2-4-8-16/h2-10,24H,11-15H2,1H3,(H,22,25)/t21-/m1/s1. The number of carbonyl (C=O) groups excluding carboxylic acids is 2. The molecule has 1 heterocycles. The molecule has 0 unspecified atom stereocenters. The maximum absolute atomic E-state index is 13.3. The van der Waals surface area contributed by atoms with Crippen molar-refractivity contribution in [3.8, 4) is 0 Å². The molecule has 0 radical (unpaired) electrons. The summed E-state index contributed by atoms with van der Waals surface area (Å²) in [4.78, 5) is 27.1. The topological polar surface area (TPSA) is 69.6 Å². The zero-order valence-corrected chi connectivity index (χ0v) is 14.9. The summed E-state index contributed by atoms with van der Waals surface area (Å²) >= 11 is 0. The monoisotopic (exact) mass is 352 g/mol. The van der Waals surface area contributed by atoms with Gasteiger partial charge in [-0.3, -0.25) is 9.59 Å². The van der Waals surface area contributed by atoms with E-state index < -0.39 is 5.41 Å². The van der Waals surface area contributed by atoms with Gasteiger partial charge in [-0.1, -0.05) is 48.5 Å². The first-order valence-electron chi connectivity index (χ1n) is 8.87. The predicted molar refractivity (Wildman–Crippen MR) is 101 cm³/mol. The van der Waals surface area contributed by atoms with Crippen LogP contribution in [-0.2, 0) is 21.4 Å². The molecule has 2 aromatic carbocycles. The smallest absolute Gasteiger partial charge is 0.237 e. The molecular weight excluding hydrogens is 328 g/mol. The lowest BCUT2D eigenvalue weighted by Crippen LogP contribution is -2.41. The van der Waals surface area contributed by atoms with Gasteiger partial charge in [-0.05, 0) is 30.0 Å². The third-order valence-electron chi connectivity index (χ3n) is 5.06. The normalized spacial score (nSPS) is 18.7. The highest BCUT2D eigenvalue weighted by molar-refractivity contribution is 6.08. The van der Waals surface area contributed by atoms with Crippen molar-refractivity contribution in [2.45, 2.75) is 24.7 Å². The fourth-order valence-corrected chi connectivity index (χ4v) is 3.77. The van der Waals surface area contributed by atoms with Gasteiger partial charge in [0.2, 0.25) is 11.8 Å². The molecule has 5 heteroatoms. The summed E-state index contributed by atoms with van der Waals surface area (Å²) < 4.78 is 0. The molecule has 0 aliphatic carbocycles. The minimum Gasteiger partial charge on any atom is -0.395 e. The summed E-state index contributed by atoms with van der Waals surface area (Å²) in [6.07, 6.45) is 1.22. The molecule has 0 fully saturated rings. The maximum Gasteiger partial charge on any atom is 0.237 e. The van der Waals surface area contributed by atoms with Gasteiger partial charge < -0.3 is 15.3 Å². The van der Waals surface area contributed by atoms with E-state index in [-0.39, 0.29) is 31.4 Å². The number of nitrogens with zero attached hydrogens (tertiary/aromatic N) is 1. The highest BCUT2D eigenvalue weighted by Gasteiger charge is 2.49. The van der Waals surface area contributed by atoms with Gasteiger partial charge in [-0.2, -0.15) is 0 Å². The summed E-state index contributed by atoms with van der Waals surface area (Å²) in [6, 6.07) is 17.7. The molecule has 1 atom stereocenters. The second-order valence-electron chi connectivity index (χ2n) is 6.70. The average Bonchev–Trinajstić information content (AvgIpc) is 2.88. The van der Waals surface area contributed by atoms with Crippen LogP contribution in [0.2, 0.25) is 0 Å². The summed E-state index contributed by atoms with van der Waals surface area (Å²) in [5, 5.41) is 11.5. The SMILES string of the molecule is CN1C(=O)[C@](CCC(=O)NCCO)(Cc2ccccc2)c2ccccc21. The number of benzene rings is 2. The maximum atomic E-state index is 13.3. The third kappa shape index (κ3) is 3.35. The first-order valence-corrected chi connectivity index (χ1v) is 8.87. The highest BCUT2D eigenvalue weighted by atomic mass is 16.3. The molecule has 1 aliphatic heterocycles. The number of nitrogens with one attached hydrogen (secondary N) is 1. The Labute approximate surface area is 153 Å². The second kappa shape index (κ2) is 7.70. The molecule has 0 spiro atoms. The minimum atomic E-state index is -0.747. The van der Waals surface area contributed by atoms with E-state index in [9.17, 15) is 9.59 Å². The Bertz CT molecular complexity index is 791. The predicted octanol–water partition coefficient (Wildman–Crippen LogP) is 2.03. The molecule has 2 aromatic rings. The molecule has 5 nitrogen and oxygen atoms in total. The average molecular weight is 352 g/mol. The number of aliphatic hydroxyl groups is 1. The van der Waals surface area contributed by atoms with Gasteiger partial charge in [0.1, 0.15) is 0 Å². The van der Waals surface area contributed by atoms with Crippen LogP contribution in [-0.4, -0.2) is 37.1 Å². The lowest BCUT2D eigenvalue weighted by atomic mass is 9.73. The van der Waals surface area contributed by atoms with E-state index in [2.05, 4.69) is 5.32 Å². The van der Waals surface area contributed by atoms with Crippen LogP contribution in [0.3, 0.4) is 0 Å². The van der Waals surface area contributed by atoms with E-state index in [4.69, 9.17) is 5.11 Å². The molecule has 26 heavy (non-hydrogen) atoms. The van der Waals surface area contributed by atoms with Gasteiger partial charge in [-0.15, -0.1) is 0 Å². The van der Waals surface area contributed by atoms with Crippen molar-refractivity contribution in [1.82, 2.24) is 5.32 Å². The number of rotatable bonds is 7. The van der Waals surface area contributed by atoms with Gasteiger partial charge in [0, 0.05) is 25.7 Å². The van der Waals surface area contributed by atoms with E-state index in [1.54, 1.807) is 11.9 Å². The number of hydrogen-bond donors (Lipinski definition) is 2. The molecule has 0 saturated heterocycles. The van der Waals surface area contributed by atoms with Crippen molar-refractivity contribution in [1.29, 1.82) is 0 Å². The molecule has 0 bridgehead atoms. The Morgan fingerprint density at radius 2 is 1.81 bits per heavy atom. The summed E-state index contributed by atoms with van der Waals surface area (Å²) in [5.74, 6) is -0.121. The number of carbonyl (C=O) groups is 2. The van der Waals surface area contributed by atoms with Crippen LogP contribution in [0.25, 0.3) is 0 Å². The Kier molecular flexibility index (Phi) is 5.38. The number of amides is 2. The molecule has 136 valence electrons. The lowest BCUT2D eigenvalue weighted by Gasteiger charge is -2.28. The molecule has 3 rings (SSSR count). The number of fused-ring (bicyclic) bond motifs is 1. The second-order valence-corrected chi connectivity index (χ2v) is 6.70. The van der Waals surface area contributed by atoms with Crippen molar-refractivity contribution in [3.05, 3.63) is 65.7 Å². The number of likely N-dealkylation sites (N-methyl/N-ethyl adjacent to an activating group) is 1. The zero-order valence-electron chi connectivity index (χ0n) is 14.9. The van der Waals surface area contributed by atoms with Gasteiger partial charge in [-0.25, -0.2) is 0 Å². The quantitative estimate of drug-likeness (QED) is 0.801. The summed E-state index contributed by atoms with van der Waals surface area (Å²) in [6.45, 7) is 0.139. The Hall–Kier alpha value is -2.66. The Morgan fingerprint density at radius 1 is 1.12 bits per heavy atom. The largest absolute Gasteiger partial charge is 0.395 e. The van der Waals surface area contributed by atoms with Crippen LogP contribution in [0.4, 0.5) is 5.69 Å². The van der Waals surface area contributed by atoms with Crippen LogP contribution < -0.4 is 10.2 Å². The highest BCUT2D eigenvalue weighted by Crippen LogP contribution is 2.46. The first kappa shape index (κ1) is 18.1. The van der Waals surface area contributed by atoms with Crippen LogP contribution in [0.5, 0.6) is 0 Å². The molecule has 0 saturated carbocycles. The Balaban J connectivity index is 1.95. The minimum absolute atomic E-state index is 0.0255. The van der Waals surface area contributed by atoms with Gasteiger partial charge in [0.05, 0.1) is 12.0 Å². The molecule has 0 aromatic heterocycles. The van der Waals surface area contributed by atoms with Crippen LogP contribution in [0, 0.1) is 0 Å². The number of anilines is 1. The third-order valence-corrected chi connectivity index (χ3v) is 5.06. The van der Waals surface area contributed by atoms with E-state index in [0.29, 0.717) is 12.8 Å². The van der Waals surface area contributed by atoms with E-state index in [1.165, 1.54) is 0 Å². The van der Waals surface area contributed by atoms with Crippen LogP contribution >= 0.6 is 0 Å². The molecule has 2 amide bonds.